The lowest BCUT2D eigenvalue weighted by Crippen LogP contribution is -2.54. The molecule has 1 aromatic heterocycles. The van der Waals surface area contributed by atoms with Gasteiger partial charge in [-0.3, -0.25) is 9.36 Å². The minimum absolute atomic E-state index is 0.194. The molecule has 0 spiro atoms. The summed E-state index contributed by atoms with van der Waals surface area (Å²) in [7, 11) is 1.23. The van der Waals surface area contributed by atoms with Gasteiger partial charge in [0.05, 0.1) is 12.6 Å². The fourth-order valence-corrected chi connectivity index (χ4v) is 5.56. The molecule has 53 heavy (non-hydrogen) atoms. The molecular weight excluding hydrogens is 686 g/mol. The lowest BCUT2D eigenvalue weighted by Gasteiger charge is -2.33. The molecule has 3 amide bonds. The van der Waals surface area contributed by atoms with E-state index in [0.29, 0.717) is 26.9 Å². The second-order valence-electron chi connectivity index (χ2n) is 17.3. The molecule has 2 rings (SSSR count). The number of hydrogen-bond donors (Lipinski definition) is 1. The second-order valence-corrected chi connectivity index (χ2v) is 17.3. The van der Waals surface area contributed by atoms with E-state index in [1.54, 1.807) is 101 Å². The predicted octanol–water partition coefficient (Wildman–Crippen LogP) is 7.27. The van der Waals surface area contributed by atoms with Gasteiger partial charge in [0.2, 0.25) is 5.91 Å². The van der Waals surface area contributed by atoms with Gasteiger partial charge >= 0.3 is 30.2 Å². The van der Waals surface area contributed by atoms with Crippen LogP contribution in [-0.4, -0.2) is 87.2 Å². The van der Waals surface area contributed by atoms with Gasteiger partial charge in [0.1, 0.15) is 34.5 Å². The number of nitrogens with one attached hydrogen (secondary N) is 1. The molecule has 1 aromatic carbocycles. The van der Waals surface area contributed by atoms with Crippen LogP contribution < -0.4 is 5.32 Å². The van der Waals surface area contributed by atoms with Crippen LogP contribution in [0.2, 0.25) is 0 Å². The average Bonchev–Trinajstić information content (AvgIpc) is 3.29. The highest BCUT2D eigenvalue weighted by molar-refractivity contribution is 5.96. The lowest BCUT2D eigenvalue weighted by atomic mass is 9.81. The van der Waals surface area contributed by atoms with Crippen LogP contribution in [0.3, 0.4) is 0 Å². The Labute approximate surface area is 313 Å². The molecule has 3 atom stereocenters. The van der Waals surface area contributed by atoms with Gasteiger partial charge in [0.15, 0.2) is 0 Å². The molecule has 0 saturated heterocycles. The summed E-state index contributed by atoms with van der Waals surface area (Å²) in [5, 5.41) is 3.17. The Morgan fingerprint density at radius 2 is 1.23 bits per heavy atom. The molecule has 1 heterocycles. The first-order valence-electron chi connectivity index (χ1n) is 17.6. The quantitative estimate of drug-likeness (QED) is 0.202. The first kappa shape index (κ1) is 44.5. The van der Waals surface area contributed by atoms with Gasteiger partial charge in [-0.2, -0.15) is 4.90 Å². The van der Waals surface area contributed by atoms with Crippen LogP contribution in [0, 0.1) is 5.92 Å². The van der Waals surface area contributed by atoms with E-state index >= 15 is 0 Å². The van der Waals surface area contributed by atoms with Gasteiger partial charge < -0.3 is 29.0 Å². The van der Waals surface area contributed by atoms with Gasteiger partial charge in [-0.15, -0.1) is 0 Å². The number of fused-ring (bicyclic) bond motifs is 1. The highest BCUT2D eigenvalue weighted by atomic mass is 16.6. The fraction of sp³-hybridized carbons (Fsp3) is 0.641. The number of amides is 3. The summed E-state index contributed by atoms with van der Waals surface area (Å²) in [6.07, 6.45) is -1.86. The average molecular weight is 746 g/mol. The van der Waals surface area contributed by atoms with Crippen molar-refractivity contribution in [2.45, 2.75) is 151 Å². The van der Waals surface area contributed by atoms with E-state index < -0.39 is 76.5 Å². The Kier molecular flexibility index (Phi) is 13.9. The molecule has 0 bridgehead atoms. The van der Waals surface area contributed by atoms with Crippen LogP contribution in [0.1, 0.15) is 121 Å². The van der Waals surface area contributed by atoms with Crippen molar-refractivity contribution in [1.82, 2.24) is 14.8 Å². The SMILES string of the molecule is COC(=O)[C@@H](NC(C)=O)[C@@H](c1ccc2c(C[C@@H](C(=O)OC(C)(C)C)N(C(=O)OC(C)(C)C)C(=O)OC(C)(C)C)cn(C(=O)OC(C)(C)C)c2c1)C(C)C. The number of aromatic nitrogens is 1. The van der Waals surface area contributed by atoms with Crippen molar-refractivity contribution in [3.05, 3.63) is 35.5 Å². The van der Waals surface area contributed by atoms with Crippen LogP contribution in [0.15, 0.2) is 24.4 Å². The van der Waals surface area contributed by atoms with E-state index in [1.807, 2.05) is 13.8 Å². The van der Waals surface area contributed by atoms with E-state index in [4.69, 9.17) is 23.7 Å². The highest BCUT2D eigenvalue weighted by Crippen LogP contribution is 2.34. The van der Waals surface area contributed by atoms with E-state index in [1.165, 1.54) is 24.8 Å². The molecule has 0 aliphatic carbocycles. The van der Waals surface area contributed by atoms with Gasteiger partial charge in [0, 0.05) is 30.8 Å². The Balaban J connectivity index is 2.98. The normalized spacial score (nSPS) is 14.1. The molecule has 14 heteroatoms. The maximum Gasteiger partial charge on any atom is 0.420 e. The summed E-state index contributed by atoms with van der Waals surface area (Å²) in [6, 6.07) is 2.49. The van der Waals surface area contributed by atoms with Gasteiger partial charge in [-0.1, -0.05) is 26.0 Å². The summed E-state index contributed by atoms with van der Waals surface area (Å²) >= 11 is 0. The van der Waals surface area contributed by atoms with Crippen LogP contribution in [0.4, 0.5) is 14.4 Å². The smallest absolute Gasteiger partial charge is 0.420 e. The summed E-state index contributed by atoms with van der Waals surface area (Å²) in [5.74, 6) is -2.78. The molecule has 1 N–H and O–H groups in total. The number of benzene rings is 1. The Morgan fingerprint density at radius 3 is 1.64 bits per heavy atom. The van der Waals surface area contributed by atoms with Gasteiger partial charge in [0.25, 0.3) is 0 Å². The topological polar surface area (TPSA) is 169 Å². The maximum absolute atomic E-state index is 14.0. The number of esters is 2. The zero-order valence-electron chi connectivity index (χ0n) is 34.2. The molecule has 2 aromatic rings. The molecule has 0 unspecified atom stereocenters. The largest absolute Gasteiger partial charge is 0.467 e. The fourth-order valence-electron chi connectivity index (χ4n) is 5.56. The highest BCUT2D eigenvalue weighted by Gasteiger charge is 2.43. The van der Waals surface area contributed by atoms with E-state index in [9.17, 15) is 28.8 Å². The first-order chi connectivity index (χ1) is 23.9. The van der Waals surface area contributed by atoms with Crippen molar-refractivity contribution in [3.63, 3.8) is 0 Å². The third-order valence-corrected chi connectivity index (χ3v) is 7.36. The van der Waals surface area contributed by atoms with Crippen molar-refractivity contribution in [1.29, 1.82) is 0 Å². The Bertz CT molecular complexity index is 1650. The Morgan fingerprint density at radius 1 is 0.736 bits per heavy atom. The van der Waals surface area contributed by atoms with Crippen LogP contribution in [0.25, 0.3) is 10.9 Å². The van der Waals surface area contributed by atoms with Crippen molar-refractivity contribution >= 4 is 47.0 Å². The number of carbonyl (C=O) groups is 6. The van der Waals surface area contributed by atoms with Gasteiger partial charge in [-0.05, 0) is 106 Å². The summed E-state index contributed by atoms with van der Waals surface area (Å²) in [4.78, 5) is 81.1. The number of ether oxygens (including phenoxy) is 5. The standard InChI is InChI=1S/C39H59N3O11/c1-22(2)29(30(32(45)49-16)40-23(3)43)24-17-18-26-25(21-41(27(26)19-24)33(46)51-37(7,8)9)20-28(31(44)50-36(4,5)6)42(34(47)52-38(10,11)12)35(48)53-39(13,14)15/h17-19,21-22,28-30H,20H2,1-16H3,(H,40,43)/t28-,29+,30-/m0/s1. The third kappa shape index (κ3) is 13.1. The molecule has 0 aliphatic heterocycles. The van der Waals surface area contributed by atoms with Crippen LogP contribution >= 0.6 is 0 Å². The molecular formula is C39H59N3O11. The first-order valence-corrected chi connectivity index (χ1v) is 17.6. The van der Waals surface area contributed by atoms with Crippen molar-refractivity contribution in [2.75, 3.05) is 7.11 Å². The Hall–Kier alpha value is -4.62. The van der Waals surface area contributed by atoms with Crippen molar-refractivity contribution in [3.8, 4) is 0 Å². The molecule has 0 fully saturated rings. The van der Waals surface area contributed by atoms with E-state index in [-0.39, 0.29) is 12.3 Å². The van der Waals surface area contributed by atoms with Crippen molar-refractivity contribution < 1.29 is 52.5 Å². The van der Waals surface area contributed by atoms with Crippen LogP contribution in [-0.2, 0) is 44.5 Å². The van der Waals surface area contributed by atoms with Crippen LogP contribution in [0.5, 0.6) is 0 Å². The maximum atomic E-state index is 14.0. The minimum Gasteiger partial charge on any atom is -0.467 e. The number of imide groups is 1. The molecule has 0 radical (unpaired) electrons. The predicted molar refractivity (Wildman–Crippen MR) is 198 cm³/mol. The zero-order valence-corrected chi connectivity index (χ0v) is 34.2. The number of rotatable bonds is 9. The number of methoxy groups -OCH3 is 1. The van der Waals surface area contributed by atoms with E-state index in [2.05, 4.69) is 5.32 Å². The lowest BCUT2D eigenvalue weighted by molar-refractivity contribution is -0.161. The second kappa shape index (κ2) is 16.6. The summed E-state index contributed by atoms with van der Waals surface area (Å²) < 4.78 is 29.0. The summed E-state index contributed by atoms with van der Waals surface area (Å²) in [5.41, 5.74) is -2.70. The van der Waals surface area contributed by atoms with Crippen molar-refractivity contribution in [2.24, 2.45) is 5.92 Å². The monoisotopic (exact) mass is 745 g/mol. The molecule has 0 saturated carbocycles. The van der Waals surface area contributed by atoms with Gasteiger partial charge in [-0.25, -0.2) is 24.0 Å². The zero-order chi connectivity index (χ0) is 41.0. The number of carbonyl (C=O) groups excluding carboxylic acids is 6. The molecule has 296 valence electrons. The molecule has 0 aliphatic rings. The number of nitrogens with zero attached hydrogens (tertiary/aromatic N) is 2. The summed E-state index contributed by atoms with van der Waals surface area (Å²) in [6.45, 7) is 24.9. The molecule has 14 nitrogen and oxygen atoms in total. The number of hydrogen-bond acceptors (Lipinski definition) is 11. The minimum atomic E-state index is -1.61. The van der Waals surface area contributed by atoms with E-state index in [0.717, 1.165) is 0 Å². The third-order valence-electron chi connectivity index (χ3n) is 7.36.